The number of carbonyl (C=O) groups is 3. The molecular weight excluding hydrogens is 424 g/mol. The molecule has 3 N–H and O–H groups in total. The molecule has 3 amide bonds. The van der Waals surface area contributed by atoms with Gasteiger partial charge in [0, 0.05) is 43.7 Å². The van der Waals surface area contributed by atoms with Crippen molar-refractivity contribution in [2.75, 3.05) is 41.5 Å². The minimum Gasteiger partial charge on any atom is -0.454 e. The van der Waals surface area contributed by atoms with E-state index < -0.39 is 5.92 Å². The standard InChI is InChI=1S/C24H26N4O5/c25-23(30)15-7-9-27(10-8-15)19-4-2-1-3-18(19)26-24(31)16-11-22(29)28(13-16)17-5-6-20-21(12-17)33-14-32-20/h1-6,12,15-16H,7-11,13-14H2,(H2,25,30)(H,26,31). The van der Waals surface area contributed by atoms with Gasteiger partial charge in [-0.1, -0.05) is 12.1 Å². The zero-order valence-electron chi connectivity index (χ0n) is 18.2. The Morgan fingerprint density at radius 2 is 1.76 bits per heavy atom. The first kappa shape index (κ1) is 21.1. The molecule has 3 aliphatic heterocycles. The van der Waals surface area contributed by atoms with Crippen LogP contribution < -0.4 is 30.3 Å². The van der Waals surface area contributed by atoms with E-state index in [2.05, 4.69) is 10.2 Å². The quantitative estimate of drug-likeness (QED) is 0.721. The molecule has 9 nitrogen and oxygen atoms in total. The summed E-state index contributed by atoms with van der Waals surface area (Å²) in [5.74, 6) is 0.140. The van der Waals surface area contributed by atoms with Crippen molar-refractivity contribution in [2.45, 2.75) is 19.3 Å². The van der Waals surface area contributed by atoms with E-state index in [1.54, 1.807) is 23.1 Å². The molecule has 2 aromatic carbocycles. The smallest absolute Gasteiger partial charge is 0.231 e. The summed E-state index contributed by atoms with van der Waals surface area (Å²) >= 11 is 0. The van der Waals surface area contributed by atoms with E-state index in [0.29, 0.717) is 55.3 Å². The third-order valence-corrected chi connectivity index (χ3v) is 6.56. The van der Waals surface area contributed by atoms with Crippen molar-refractivity contribution in [3.05, 3.63) is 42.5 Å². The summed E-state index contributed by atoms with van der Waals surface area (Å²) in [7, 11) is 0. The van der Waals surface area contributed by atoms with Gasteiger partial charge < -0.3 is 30.3 Å². The molecule has 2 saturated heterocycles. The summed E-state index contributed by atoms with van der Waals surface area (Å²) < 4.78 is 10.7. The molecule has 5 rings (SSSR count). The number of piperidine rings is 1. The van der Waals surface area contributed by atoms with Gasteiger partial charge in [-0.2, -0.15) is 0 Å². The molecule has 0 spiro atoms. The maximum atomic E-state index is 13.1. The van der Waals surface area contributed by atoms with E-state index in [4.69, 9.17) is 15.2 Å². The lowest BCUT2D eigenvalue weighted by Gasteiger charge is -2.33. The SMILES string of the molecule is NC(=O)C1CCN(c2ccccc2NC(=O)C2CC(=O)N(c3ccc4c(c3)OCO4)C2)CC1. The normalized spacial score (nSPS) is 20.2. The van der Waals surface area contributed by atoms with Crippen LogP contribution in [-0.2, 0) is 14.4 Å². The van der Waals surface area contributed by atoms with E-state index in [9.17, 15) is 14.4 Å². The van der Waals surface area contributed by atoms with Crippen LogP contribution in [0.15, 0.2) is 42.5 Å². The summed E-state index contributed by atoms with van der Waals surface area (Å²) in [5.41, 5.74) is 7.75. The Kier molecular flexibility index (Phi) is 5.53. The molecule has 0 aromatic heterocycles. The average molecular weight is 450 g/mol. The topological polar surface area (TPSA) is 114 Å². The van der Waals surface area contributed by atoms with Crippen LogP contribution in [0, 0.1) is 11.8 Å². The van der Waals surface area contributed by atoms with Gasteiger partial charge in [-0.25, -0.2) is 0 Å². The lowest BCUT2D eigenvalue weighted by atomic mass is 9.96. The van der Waals surface area contributed by atoms with Crippen molar-refractivity contribution in [3.63, 3.8) is 0 Å². The lowest BCUT2D eigenvalue weighted by Crippen LogP contribution is -2.39. The zero-order valence-corrected chi connectivity index (χ0v) is 18.2. The zero-order chi connectivity index (χ0) is 22.9. The van der Waals surface area contributed by atoms with Crippen LogP contribution in [0.1, 0.15) is 19.3 Å². The molecule has 2 fully saturated rings. The number of carbonyl (C=O) groups excluding carboxylic acids is 3. The van der Waals surface area contributed by atoms with E-state index in [0.717, 1.165) is 5.69 Å². The van der Waals surface area contributed by atoms with Gasteiger partial charge >= 0.3 is 0 Å². The molecule has 1 atom stereocenters. The van der Waals surface area contributed by atoms with Gasteiger partial charge in [0.15, 0.2) is 11.5 Å². The van der Waals surface area contributed by atoms with Gasteiger partial charge in [-0.15, -0.1) is 0 Å². The Bertz CT molecular complexity index is 1100. The van der Waals surface area contributed by atoms with Crippen LogP contribution in [0.4, 0.5) is 17.1 Å². The molecule has 3 aliphatic rings. The van der Waals surface area contributed by atoms with Crippen molar-refractivity contribution in [3.8, 4) is 11.5 Å². The van der Waals surface area contributed by atoms with Crippen molar-refractivity contribution in [1.82, 2.24) is 0 Å². The molecule has 33 heavy (non-hydrogen) atoms. The van der Waals surface area contributed by atoms with Gasteiger partial charge in [0.2, 0.25) is 24.5 Å². The minimum absolute atomic E-state index is 0.101. The van der Waals surface area contributed by atoms with Gasteiger partial charge in [0.25, 0.3) is 0 Å². The molecule has 0 saturated carbocycles. The molecule has 3 heterocycles. The monoisotopic (exact) mass is 450 g/mol. The number of para-hydroxylation sites is 2. The Morgan fingerprint density at radius 1 is 1.00 bits per heavy atom. The fourth-order valence-electron chi connectivity index (χ4n) is 4.68. The fraction of sp³-hybridized carbons (Fsp3) is 0.375. The number of benzene rings is 2. The molecule has 0 bridgehead atoms. The van der Waals surface area contributed by atoms with E-state index in [1.807, 2.05) is 24.3 Å². The number of anilines is 3. The predicted molar refractivity (Wildman–Crippen MR) is 122 cm³/mol. The molecule has 0 radical (unpaired) electrons. The number of amides is 3. The Labute approximate surface area is 191 Å². The van der Waals surface area contributed by atoms with Gasteiger partial charge in [-0.05, 0) is 37.1 Å². The van der Waals surface area contributed by atoms with Crippen molar-refractivity contribution in [2.24, 2.45) is 17.6 Å². The van der Waals surface area contributed by atoms with E-state index in [-0.39, 0.29) is 36.9 Å². The summed E-state index contributed by atoms with van der Waals surface area (Å²) in [6.45, 7) is 1.86. The van der Waals surface area contributed by atoms with Gasteiger partial charge in [0.1, 0.15) is 0 Å². The van der Waals surface area contributed by atoms with Gasteiger partial charge in [-0.3, -0.25) is 14.4 Å². The second-order valence-corrected chi connectivity index (χ2v) is 8.61. The maximum Gasteiger partial charge on any atom is 0.231 e. The number of ether oxygens (including phenoxy) is 2. The van der Waals surface area contributed by atoms with Crippen molar-refractivity contribution < 1.29 is 23.9 Å². The van der Waals surface area contributed by atoms with Crippen LogP contribution in [0.25, 0.3) is 0 Å². The Morgan fingerprint density at radius 3 is 2.55 bits per heavy atom. The van der Waals surface area contributed by atoms with E-state index >= 15 is 0 Å². The summed E-state index contributed by atoms with van der Waals surface area (Å²) in [6, 6.07) is 13.0. The largest absolute Gasteiger partial charge is 0.454 e. The second kappa shape index (κ2) is 8.65. The first-order chi connectivity index (χ1) is 16.0. The molecule has 9 heteroatoms. The highest BCUT2D eigenvalue weighted by Gasteiger charge is 2.36. The highest BCUT2D eigenvalue weighted by Crippen LogP contribution is 2.37. The Balaban J connectivity index is 1.26. The molecule has 2 aromatic rings. The number of hydrogen-bond donors (Lipinski definition) is 2. The first-order valence-electron chi connectivity index (χ1n) is 11.1. The maximum absolute atomic E-state index is 13.1. The third-order valence-electron chi connectivity index (χ3n) is 6.56. The third kappa shape index (κ3) is 4.18. The predicted octanol–water partition coefficient (Wildman–Crippen LogP) is 2.11. The minimum atomic E-state index is -0.462. The van der Waals surface area contributed by atoms with Crippen molar-refractivity contribution >= 4 is 34.8 Å². The summed E-state index contributed by atoms with van der Waals surface area (Å²) in [4.78, 5) is 41.0. The number of nitrogens with two attached hydrogens (primary N) is 1. The summed E-state index contributed by atoms with van der Waals surface area (Å²) in [6.07, 6.45) is 1.53. The first-order valence-corrected chi connectivity index (χ1v) is 11.1. The highest BCUT2D eigenvalue weighted by molar-refractivity contribution is 6.04. The van der Waals surface area contributed by atoms with Crippen molar-refractivity contribution in [1.29, 1.82) is 0 Å². The average Bonchev–Trinajstić information content (AvgIpc) is 3.45. The second-order valence-electron chi connectivity index (χ2n) is 8.61. The number of rotatable bonds is 5. The molecule has 1 unspecified atom stereocenters. The number of nitrogens with zero attached hydrogens (tertiary/aromatic N) is 2. The fourth-order valence-corrected chi connectivity index (χ4v) is 4.68. The Hall–Kier alpha value is -3.75. The van der Waals surface area contributed by atoms with Crippen LogP contribution in [0.3, 0.4) is 0 Å². The molecular formula is C24H26N4O5. The lowest BCUT2D eigenvalue weighted by molar-refractivity contribution is -0.122. The van der Waals surface area contributed by atoms with Crippen LogP contribution in [0.2, 0.25) is 0 Å². The van der Waals surface area contributed by atoms with E-state index in [1.165, 1.54) is 0 Å². The number of fused-ring (bicyclic) bond motifs is 1. The molecule has 0 aliphatic carbocycles. The number of nitrogens with one attached hydrogen (secondary N) is 1. The van der Waals surface area contributed by atoms with Crippen LogP contribution in [-0.4, -0.2) is 44.1 Å². The van der Waals surface area contributed by atoms with Crippen LogP contribution >= 0.6 is 0 Å². The highest BCUT2D eigenvalue weighted by atomic mass is 16.7. The molecule has 172 valence electrons. The number of hydrogen-bond acceptors (Lipinski definition) is 6. The summed E-state index contributed by atoms with van der Waals surface area (Å²) in [5, 5.41) is 3.02. The number of primary amides is 1. The van der Waals surface area contributed by atoms with Crippen LogP contribution in [0.5, 0.6) is 11.5 Å². The van der Waals surface area contributed by atoms with Gasteiger partial charge in [0.05, 0.1) is 17.3 Å².